The van der Waals surface area contributed by atoms with Crippen LogP contribution in [0.25, 0.3) is 0 Å². The first kappa shape index (κ1) is 44.7. The number of carboxylic acids is 2. The molecule has 0 bridgehead atoms. The predicted molar refractivity (Wildman–Crippen MR) is 223 cm³/mol. The van der Waals surface area contributed by atoms with Gasteiger partial charge in [-0.25, -0.2) is 24.0 Å². The highest BCUT2D eigenvalue weighted by Crippen LogP contribution is 2.43. The van der Waals surface area contributed by atoms with Gasteiger partial charge in [-0.1, -0.05) is 6.07 Å². The van der Waals surface area contributed by atoms with Crippen molar-refractivity contribution in [2.75, 3.05) is 21.3 Å². The van der Waals surface area contributed by atoms with Crippen LogP contribution in [0.15, 0.2) is 48.5 Å². The standard InChI is InChI=1S/C47H46O14/c1-21-24(4)37(27(7)40(55-10)34(21)43(48)49)59-45(52)30-16-18-32(19-17-30)58-33-15-13-14-31(20-33)46(53)60-38-26(6)23(3)36(42(57-12)29(38)9)47(54)61-39-25(5)22(2)35(44(50)51)41(56-11)28(39)8/h13-20H,1-12H3,(H,48,49)(H,50,51). The van der Waals surface area contributed by atoms with Crippen LogP contribution in [0.2, 0.25) is 0 Å². The van der Waals surface area contributed by atoms with Gasteiger partial charge in [-0.15, -0.1) is 0 Å². The lowest BCUT2D eigenvalue weighted by Gasteiger charge is -2.22. The second-order valence-electron chi connectivity index (χ2n) is 14.3. The van der Waals surface area contributed by atoms with E-state index < -0.39 is 29.8 Å². The van der Waals surface area contributed by atoms with Crippen molar-refractivity contribution in [3.63, 3.8) is 0 Å². The third kappa shape index (κ3) is 8.42. The van der Waals surface area contributed by atoms with Gasteiger partial charge in [0.1, 0.15) is 62.7 Å². The second kappa shape index (κ2) is 17.9. The smallest absolute Gasteiger partial charge is 0.347 e. The average Bonchev–Trinajstić information content (AvgIpc) is 3.23. The molecule has 2 N–H and O–H groups in total. The summed E-state index contributed by atoms with van der Waals surface area (Å²) in [5, 5.41) is 19.5. The Balaban J connectivity index is 1.35. The minimum atomic E-state index is -1.17. The van der Waals surface area contributed by atoms with Crippen molar-refractivity contribution in [3.05, 3.63) is 126 Å². The Kier molecular flexibility index (Phi) is 13.1. The molecule has 0 saturated heterocycles. The number of carbonyl (C=O) groups excluding carboxylic acids is 3. The molecule has 5 rings (SSSR count). The number of aromatic carboxylic acids is 2. The summed E-state index contributed by atoms with van der Waals surface area (Å²) in [5.74, 6) is -3.00. The van der Waals surface area contributed by atoms with Crippen molar-refractivity contribution in [3.8, 4) is 46.0 Å². The van der Waals surface area contributed by atoms with Gasteiger partial charge >= 0.3 is 29.8 Å². The second-order valence-corrected chi connectivity index (χ2v) is 14.3. The molecular weight excluding hydrogens is 789 g/mol. The van der Waals surface area contributed by atoms with Crippen LogP contribution in [0.5, 0.6) is 46.0 Å². The summed E-state index contributed by atoms with van der Waals surface area (Å²) in [6.07, 6.45) is 0. The van der Waals surface area contributed by atoms with Crippen LogP contribution < -0.4 is 33.2 Å². The largest absolute Gasteiger partial charge is 0.495 e. The van der Waals surface area contributed by atoms with E-state index >= 15 is 0 Å². The minimum absolute atomic E-state index is 0.00163. The van der Waals surface area contributed by atoms with Crippen LogP contribution >= 0.6 is 0 Å². The Bertz CT molecular complexity index is 2640. The molecule has 0 atom stereocenters. The highest BCUT2D eigenvalue weighted by molar-refractivity contribution is 6.00. The molecule has 0 aliphatic rings. The van der Waals surface area contributed by atoms with E-state index in [0.29, 0.717) is 61.6 Å². The third-order valence-corrected chi connectivity index (χ3v) is 10.8. The van der Waals surface area contributed by atoms with Gasteiger partial charge in [-0.05, 0) is 138 Å². The maximum atomic E-state index is 13.9. The lowest BCUT2D eigenvalue weighted by Crippen LogP contribution is -2.18. The number of hydrogen-bond donors (Lipinski definition) is 2. The van der Waals surface area contributed by atoms with E-state index in [1.165, 1.54) is 39.5 Å². The zero-order chi connectivity index (χ0) is 45.2. The first-order valence-electron chi connectivity index (χ1n) is 18.8. The number of carboxylic acid groups (broad SMARTS) is 2. The number of esters is 3. The molecule has 0 aliphatic carbocycles. The highest BCUT2D eigenvalue weighted by atomic mass is 16.6. The highest BCUT2D eigenvalue weighted by Gasteiger charge is 2.30. The molecule has 5 aromatic carbocycles. The molecule has 0 amide bonds. The summed E-state index contributed by atoms with van der Waals surface area (Å²) in [4.78, 5) is 64.6. The number of methoxy groups -OCH3 is 3. The van der Waals surface area contributed by atoms with Crippen LogP contribution in [0.4, 0.5) is 0 Å². The molecule has 5 aromatic rings. The maximum Gasteiger partial charge on any atom is 0.347 e. The molecule has 0 radical (unpaired) electrons. The normalized spacial score (nSPS) is 10.8. The molecule has 318 valence electrons. The van der Waals surface area contributed by atoms with E-state index in [9.17, 15) is 34.2 Å². The maximum absolute atomic E-state index is 13.9. The number of rotatable bonds is 13. The molecule has 0 spiro atoms. The Labute approximate surface area is 352 Å². The Morgan fingerprint density at radius 2 is 0.770 bits per heavy atom. The summed E-state index contributed by atoms with van der Waals surface area (Å²) < 4.78 is 40.0. The predicted octanol–water partition coefficient (Wildman–Crippen LogP) is 9.33. The first-order chi connectivity index (χ1) is 28.8. The zero-order valence-corrected chi connectivity index (χ0v) is 35.9. The summed E-state index contributed by atoms with van der Waals surface area (Å²) in [6, 6.07) is 12.4. The molecule has 0 fully saturated rings. The van der Waals surface area contributed by atoms with Gasteiger partial charge in [0, 0.05) is 16.7 Å². The molecular formula is C47H46O14. The molecule has 0 heterocycles. The van der Waals surface area contributed by atoms with Gasteiger partial charge in [0.2, 0.25) is 0 Å². The summed E-state index contributed by atoms with van der Waals surface area (Å²) in [6.45, 7) is 14.8. The molecule has 14 heteroatoms. The fraction of sp³-hybridized carbons (Fsp3) is 0.255. The molecule has 0 aromatic heterocycles. The van der Waals surface area contributed by atoms with Gasteiger partial charge in [0.15, 0.2) is 0 Å². The van der Waals surface area contributed by atoms with Crippen LogP contribution in [-0.4, -0.2) is 61.4 Å². The van der Waals surface area contributed by atoms with E-state index in [4.69, 9.17) is 33.2 Å². The van der Waals surface area contributed by atoms with E-state index in [2.05, 4.69) is 0 Å². The Morgan fingerprint density at radius 1 is 0.393 bits per heavy atom. The molecule has 0 unspecified atom stereocenters. The van der Waals surface area contributed by atoms with Gasteiger partial charge in [-0.2, -0.15) is 0 Å². The summed E-state index contributed by atoms with van der Waals surface area (Å²) in [5.41, 5.74) is 4.13. The molecule has 0 saturated carbocycles. The van der Waals surface area contributed by atoms with Crippen LogP contribution in [0.3, 0.4) is 0 Å². The van der Waals surface area contributed by atoms with Crippen molar-refractivity contribution in [2.24, 2.45) is 0 Å². The van der Waals surface area contributed by atoms with Crippen LogP contribution in [0.1, 0.15) is 102 Å². The Hall–Kier alpha value is -7.35. The van der Waals surface area contributed by atoms with Gasteiger partial charge in [-0.3, -0.25) is 0 Å². The average molecular weight is 835 g/mol. The molecule has 61 heavy (non-hydrogen) atoms. The molecule has 0 aliphatic heterocycles. The number of hydrogen-bond acceptors (Lipinski definition) is 12. The topological polar surface area (TPSA) is 190 Å². The number of benzene rings is 5. The van der Waals surface area contributed by atoms with E-state index in [-0.39, 0.29) is 62.3 Å². The van der Waals surface area contributed by atoms with Gasteiger partial charge < -0.3 is 43.4 Å². The van der Waals surface area contributed by atoms with Crippen molar-refractivity contribution in [1.82, 2.24) is 0 Å². The zero-order valence-electron chi connectivity index (χ0n) is 35.9. The third-order valence-electron chi connectivity index (χ3n) is 10.8. The summed E-state index contributed by atoms with van der Waals surface area (Å²) in [7, 11) is 4.07. The monoisotopic (exact) mass is 834 g/mol. The quantitative estimate of drug-likeness (QED) is 0.0842. The van der Waals surface area contributed by atoms with E-state index in [0.717, 1.165) is 0 Å². The lowest BCUT2D eigenvalue weighted by molar-refractivity contribution is 0.0679. The van der Waals surface area contributed by atoms with Crippen molar-refractivity contribution < 1.29 is 67.3 Å². The lowest BCUT2D eigenvalue weighted by atomic mass is 9.95. The van der Waals surface area contributed by atoms with E-state index in [1.807, 2.05) is 0 Å². The van der Waals surface area contributed by atoms with Crippen LogP contribution in [-0.2, 0) is 0 Å². The van der Waals surface area contributed by atoms with Gasteiger partial charge in [0.25, 0.3) is 0 Å². The van der Waals surface area contributed by atoms with Gasteiger partial charge in [0.05, 0.1) is 32.5 Å². The molecule has 14 nitrogen and oxygen atoms in total. The fourth-order valence-corrected chi connectivity index (χ4v) is 7.21. The summed E-state index contributed by atoms with van der Waals surface area (Å²) >= 11 is 0. The van der Waals surface area contributed by atoms with Crippen molar-refractivity contribution in [2.45, 2.75) is 62.3 Å². The fourth-order valence-electron chi connectivity index (χ4n) is 7.21. The SMILES string of the molecule is COc1c(C)c(OC(=O)c2ccc(Oc3cccc(C(=O)Oc4c(C)c(C)c(C(=O)Oc5c(C)c(C)c(C(=O)O)c(OC)c5C)c(OC)c4C)c3)cc2)c(C)c(C)c1C(=O)O. The first-order valence-corrected chi connectivity index (χ1v) is 18.8. The minimum Gasteiger partial charge on any atom is -0.495 e. The van der Waals surface area contributed by atoms with Crippen LogP contribution in [0, 0.1) is 62.3 Å². The van der Waals surface area contributed by atoms with E-state index in [1.54, 1.807) is 92.6 Å². The van der Waals surface area contributed by atoms with Crippen molar-refractivity contribution >= 4 is 29.8 Å². The Morgan fingerprint density at radius 3 is 1.18 bits per heavy atom. The number of carbonyl (C=O) groups is 5. The van der Waals surface area contributed by atoms with Crippen molar-refractivity contribution in [1.29, 1.82) is 0 Å². The number of ether oxygens (including phenoxy) is 7.